The zero-order valence-corrected chi connectivity index (χ0v) is 13.8. The van der Waals surface area contributed by atoms with Crippen molar-refractivity contribution in [1.82, 2.24) is 4.90 Å². The van der Waals surface area contributed by atoms with Crippen LogP contribution >= 0.6 is 0 Å². The van der Waals surface area contributed by atoms with Gasteiger partial charge in [-0.1, -0.05) is 18.9 Å². The van der Waals surface area contributed by atoms with Crippen molar-refractivity contribution < 1.29 is 9.47 Å². The van der Waals surface area contributed by atoms with Crippen LogP contribution in [-0.2, 0) is 0 Å². The highest BCUT2D eigenvalue weighted by atomic mass is 16.5. The summed E-state index contributed by atoms with van der Waals surface area (Å²) in [5.41, 5.74) is 0.984. The van der Waals surface area contributed by atoms with Crippen molar-refractivity contribution in [2.24, 2.45) is 0 Å². The highest BCUT2D eigenvalue weighted by Gasteiger charge is 2.22. The van der Waals surface area contributed by atoms with Crippen LogP contribution in [-0.4, -0.2) is 31.2 Å². The third-order valence-corrected chi connectivity index (χ3v) is 3.99. The van der Waals surface area contributed by atoms with Gasteiger partial charge in [0.1, 0.15) is 6.04 Å². The Labute approximate surface area is 133 Å². The number of nitriles is 1. The minimum absolute atomic E-state index is 0.0946. The summed E-state index contributed by atoms with van der Waals surface area (Å²) in [4.78, 5) is 2.28. The summed E-state index contributed by atoms with van der Waals surface area (Å²) in [5, 5.41) is 9.64. The van der Waals surface area contributed by atoms with Gasteiger partial charge in [0.25, 0.3) is 0 Å². The quantitative estimate of drug-likeness (QED) is 0.827. The van der Waals surface area contributed by atoms with E-state index in [4.69, 9.17) is 9.47 Å². The van der Waals surface area contributed by atoms with Gasteiger partial charge < -0.3 is 9.47 Å². The molecule has 0 bridgehead atoms. The summed E-state index contributed by atoms with van der Waals surface area (Å²) in [6, 6.07) is 8.09. The molecule has 0 spiro atoms. The number of hydrogen-bond acceptors (Lipinski definition) is 4. The fourth-order valence-electron chi connectivity index (χ4n) is 2.93. The molecule has 0 amide bonds. The first-order valence-electron chi connectivity index (χ1n) is 8.14. The number of benzene rings is 1. The number of rotatable bonds is 5. The predicted molar refractivity (Wildman–Crippen MR) is 87.2 cm³/mol. The van der Waals surface area contributed by atoms with Gasteiger partial charge in [-0.2, -0.15) is 5.26 Å². The summed E-state index contributed by atoms with van der Waals surface area (Å²) in [5.74, 6) is 1.43. The van der Waals surface area contributed by atoms with Crippen LogP contribution in [0.25, 0.3) is 0 Å². The maximum atomic E-state index is 9.64. The van der Waals surface area contributed by atoms with E-state index in [1.165, 1.54) is 25.7 Å². The first-order chi connectivity index (χ1) is 10.7. The maximum Gasteiger partial charge on any atom is 0.161 e. The standard InChI is InChI=1S/C18H26N2O2/c1-14(2)22-17-9-8-15(12-18(17)21-3)16(13-19)20-10-6-4-5-7-11-20/h8-9,12,14,16H,4-7,10-11H2,1-3H3. The van der Waals surface area contributed by atoms with E-state index in [1.54, 1.807) is 7.11 Å². The van der Waals surface area contributed by atoms with E-state index in [2.05, 4.69) is 11.0 Å². The molecular formula is C18H26N2O2. The molecule has 0 aliphatic carbocycles. The Hall–Kier alpha value is -1.73. The number of ether oxygens (including phenoxy) is 2. The molecule has 1 unspecified atom stereocenters. The minimum Gasteiger partial charge on any atom is -0.493 e. The van der Waals surface area contributed by atoms with E-state index in [0.29, 0.717) is 5.75 Å². The van der Waals surface area contributed by atoms with Gasteiger partial charge in [0.05, 0.1) is 19.3 Å². The average Bonchev–Trinajstić information content (AvgIpc) is 2.78. The molecule has 120 valence electrons. The summed E-state index contributed by atoms with van der Waals surface area (Å²) in [6.07, 6.45) is 4.96. The molecule has 1 fully saturated rings. The topological polar surface area (TPSA) is 45.5 Å². The van der Waals surface area contributed by atoms with Crippen molar-refractivity contribution >= 4 is 0 Å². The Kier molecular flexibility index (Phi) is 6.09. The molecule has 1 aliphatic heterocycles. The molecule has 4 heteroatoms. The second kappa shape index (κ2) is 8.05. The Morgan fingerprint density at radius 1 is 1.09 bits per heavy atom. The lowest BCUT2D eigenvalue weighted by atomic mass is 10.1. The summed E-state index contributed by atoms with van der Waals surface area (Å²) >= 11 is 0. The van der Waals surface area contributed by atoms with Gasteiger partial charge in [0.15, 0.2) is 11.5 Å². The molecule has 2 rings (SSSR count). The van der Waals surface area contributed by atoms with Crippen molar-refractivity contribution in [3.05, 3.63) is 23.8 Å². The lowest BCUT2D eigenvalue weighted by molar-refractivity contribution is 0.228. The average molecular weight is 302 g/mol. The van der Waals surface area contributed by atoms with E-state index < -0.39 is 0 Å². The predicted octanol–water partition coefficient (Wildman–Crippen LogP) is 3.92. The van der Waals surface area contributed by atoms with Crippen molar-refractivity contribution in [2.75, 3.05) is 20.2 Å². The second-order valence-corrected chi connectivity index (χ2v) is 6.06. The van der Waals surface area contributed by atoms with Gasteiger partial charge in [0, 0.05) is 0 Å². The lowest BCUT2D eigenvalue weighted by Gasteiger charge is -2.26. The van der Waals surface area contributed by atoms with Gasteiger partial charge in [-0.3, -0.25) is 4.90 Å². The van der Waals surface area contributed by atoms with E-state index in [1.807, 2.05) is 32.0 Å². The first kappa shape index (κ1) is 16.6. The molecule has 1 aliphatic rings. The first-order valence-corrected chi connectivity index (χ1v) is 8.14. The highest BCUT2D eigenvalue weighted by molar-refractivity contribution is 5.45. The summed E-state index contributed by atoms with van der Waals surface area (Å²) in [7, 11) is 1.64. The van der Waals surface area contributed by atoms with Crippen LogP contribution in [0.4, 0.5) is 0 Å². The Bertz CT molecular complexity index is 514. The van der Waals surface area contributed by atoms with Gasteiger partial charge in [-0.05, 0) is 57.5 Å². The molecule has 0 radical (unpaired) electrons. The van der Waals surface area contributed by atoms with Crippen molar-refractivity contribution in [3.63, 3.8) is 0 Å². The maximum absolute atomic E-state index is 9.64. The minimum atomic E-state index is -0.208. The van der Waals surface area contributed by atoms with Gasteiger partial charge in [-0.15, -0.1) is 0 Å². The molecule has 0 N–H and O–H groups in total. The zero-order chi connectivity index (χ0) is 15.9. The fourth-order valence-corrected chi connectivity index (χ4v) is 2.93. The zero-order valence-electron chi connectivity index (χ0n) is 13.8. The molecule has 1 saturated heterocycles. The molecule has 1 atom stereocenters. The van der Waals surface area contributed by atoms with E-state index >= 15 is 0 Å². The summed E-state index contributed by atoms with van der Waals surface area (Å²) in [6.45, 7) is 5.96. The van der Waals surface area contributed by atoms with E-state index in [0.717, 1.165) is 24.4 Å². The SMILES string of the molecule is COc1cc(C(C#N)N2CCCCCC2)ccc1OC(C)C. The molecule has 0 saturated carbocycles. The number of likely N-dealkylation sites (tertiary alicyclic amines) is 1. The van der Waals surface area contributed by atoms with Crippen LogP contribution in [0.5, 0.6) is 11.5 Å². The van der Waals surface area contributed by atoms with Gasteiger partial charge in [0.2, 0.25) is 0 Å². The Balaban J connectivity index is 2.23. The van der Waals surface area contributed by atoms with Gasteiger partial charge >= 0.3 is 0 Å². The van der Waals surface area contributed by atoms with Crippen molar-refractivity contribution in [2.45, 2.75) is 51.7 Å². The normalized spacial score (nSPS) is 17.6. The molecule has 1 heterocycles. The molecule has 4 nitrogen and oxygen atoms in total. The number of hydrogen-bond donors (Lipinski definition) is 0. The molecule has 1 aromatic rings. The van der Waals surface area contributed by atoms with Crippen LogP contribution in [0.1, 0.15) is 51.1 Å². The molecule has 0 aromatic heterocycles. The number of methoxy groups -OCH3 is 1. The Morgan fingerprint density at radius 3 is 2.32 bits per heavy atom. The van der Waals surface area contributed by atoms with Crippen LogP contribution in [0, 0.1) is 11.3 Å². The third kappa shape index (κ3) is 4.14. The van der Waals surface area contributed by atoms with E-state index in [9.17, 15) is 5.26 Å². The lowest BCUT2D eigenvalue weighted by Crippen LogP contribution is -2.29. The third-order valence-electron chi connectivity index (χ3n) is 3.99. The monoisotopic (exact) mass is 302 g/mol. The van der Waals surface area contributed by atoms with E-state index in [-0.39, 0.29) is 12.1 Å². The number of nitrogens with zero attached hydrogens (tertiary/aromatic N) is 2. The fraction of sp³-hybridized carbons (Fsp3) is 0.611. The van der Waals surface area contributed by atoms with Crippen molar-refractivity contribution in [1.29, 1.82) is 5.26 Å². The molecular weight excluding hydrogens is 276 g/mol. The van der Waals surface area contributed by atoms with Crippen LogP contribution in [0.3, 0.4) is 0 Å². The van der Waals surface area contributed by atoms with Crippen LogP contribution in [0.15, 0.2) is 18.2 Å². The van der Waals surface area contributed by atoms with Crippen LogP contribution in [0.2, 0.25) is 0 Å². The highest BCUT2D eigenvalue weighted by Crippen LogP contribution is 2.33. The summed E-state index contributed by atoms with van der Waals surface area (Å²) < 4.78 is 11.2. The largest absolute Gasteiger partial charge is 0.493 e. The second-order valence-electron chi connectivity index (χ2n) is 6.06. The van der Waals surface area contributed by atoms with Gasteiger partial charge in [-0.25, -0.2) is 0 Å². The van der Waals surface area contributed by atoms with Crippen molar-refractivity contribution in [3.8, 4) is 17.6 Å². The molecule has 22 heavy (non-hydrogen) atoms. The smallest absolute Gasteiger partial charge is 0.161 e. The Morgan fingerprint density at radius 2 is 1.77 bits per heavy atom. The van der Waals surface area contributed by atoms with Crippen LogP contribution < -0.4 is 9.47 Å². The molecule has 1 aromatic carbocycles.